The summed E-state index contributed by atoms with van der Waals surface area (Å²) in [6.45, 7) is 3.48. The van der Waals surface area contributed by atoms with E-state index < -0.39 is 23.6 Å². The van der Waals surface area contributed by atoms with Crippen molar-refractivity contribution in [3.05, 3.63) is 84.8 Å². The van der Waals surface area contributed by atoms with Crippen molar-refractivity contribution in [2.75, 3.05) is 14.2 Å². The molecule has 0 fully saturated rings. The molecule has 2 aromatic carbocycles. The molecule has 1 atom stereocenters. The van der Waals surface area contributed by atoms with Crippen LogP contribution in [0.15, 0.2) is 58.9 Å². The second kappa shape index (κ2) is 10.1. The molecule has 2 N–H and O–H groups in total. The van der Waals surface area contributed by atoms with Gasteiger partial charge in [-0.25, -0.2) is 4.79 Å². The van der Waals surface area contributed by atoms with E-state index in [1.54, 1.807) is 70.5 Å². The number of fused-ring (bicyclic) bond motifs is 1. The van der Waals surface area contributed by atoms with E-state index in [-0.39, 0.29) is 17.0 Å². The van der Waals surface area contributed by atoms with Crippen LogP contribution in [0.3, 0.4) is 0 Å². The summed E-state index contributed by atoms with van der Waals surface area (Å²) in [4.78, 5) is 26.8. The van der Waals surface area contributed by atoms with Crippen LogP contribution in [-0.2, 0) is 9.53 Å². The average molecular weight is 504 g/mol. The quantitative estimate of drug-likeness (QED) is 0.513. The van der Waals surface area contributed by atoms with Gasteiger partial charge in [0.25, 0.3) is 5.56 Å². The molecular formula is C27H25N3O5S. The SMILES string of the molecule is COc1ccc(C=c2sc3n(c2=O)C(N)=C(C#N)[C@@H](c2ccc(OC)cc2)C=3C(=O)OC(C)C)cc1. The van der Waals surface area contributed by atoms with Crippen LogP contribution < -0.4 is 30.0 Å². The van der Waals surface area contributed by atoms with Crippen LogP contribution in [-0.4, -0.2) is 30.9 Å². The van der Waals surface area contributed by atoms with Gasteiger partial charge in [-0.05, 0) is 55.3 Å². The van der Waals surface area contributed by atoms with Crippen LogP contribution in [0.2, 0.25) is 0 Å². The summed E-state index contributed by atoms with van der Waals surface area (Å²) in [5.41, 5.74) is 7.69. The number of nitrogens with zero attached hydrogens (tertiary/aromatic N) is 2. The monoisotopic (exact) mass is 503 g/mol. The first-order valence-electron chi connectivity index (χ1n) is 11.2. The third-order valence-corrected chi connectivity index (χ3v) is 6.80. The first kappa shape index (κ1) is 24.8. The van der Waals surface area contributed by atoms with Crippen molar-refractivity contribution in [2.24, 2.45) is 5.73 Å². The highest BCUT2D eigenvalue weighted by atomic mass is 32.1. The van der Waals surface area contributed by atoms with Gasteiger partial charge in [0.15, 0.2) is 0 Å². The number of rotatable bonds is 6. The molecule has 1 aliphatic heterocycles. The third-order valence-electron chi connectivity index (χ3n) is 5.69. The van der Waals surface area contributed by atoms with Gasteiger partial charge in [0, 0.05) is 0 Å². The number of hydrogen-bond donors (Lipinski definition) is 1. The number of aromatic nitrogens is 1. The molecule has 0 saturated carbocycles. The molecule has 1 aromatic heterocycles. The van der Waals surface area contributed by atoms with Crippen LogP contribution in [0.5, 0.6) is 11.5 Å². The second-order valence-electron chi connectivity index (χ2n) is 8.31. The summed E-state index contributed by atoms with van der Waals surface area (Å²) in [6.07, 6.45) is 1.31. The number of carbonyl (C=O) groups excluding carboxylic acids is 1. The predicted molar refractivity (Wildman–Crippen MR) is 138 cm³/mol. The van der Waals surface area contributed by atoms with Crippen LogP contribution in [0, 0.1) is 11.3 Å². The Kier molecular flexibility index (Phi) is 6.99. The van der Waals surface area contributed by atoms with Gasteiger partial charge in [-0.15, -0.1) is 11.3 Å². The molecule has 0 bridgehead atoms. The smallest absolute Gasteiger partial charge is 0.338 e. The van der Waals surface area contributed by atoms with Crippen molar-refractivity contribution in [3.8, 4) is 17.6 Å². The van der Waals surface area contributed by atoms with Crippen LogP contribution in [0.25, 0.3) is 17.5 Å². The highest BCUT2D eigenvalue weighted by molar-refractivity contribution is 7.07. The van der Waals surface area contributed by atoms with Gasteiger partial charge in [0.2, 0.25) is 0 Å². The topological polar surface area (TPSA) is 117 Å². The zero-order valence-electron chi connectivity index (χ0n) is 20.3. The number of nitriles is 1. The maximum atomic E-state index is 13.4. The molecule has 0 saturated heterocycles. The summed E-state index contributed by atoms with van der Waals surface area (Å²) in [5.74, 6) is -0.114. The molecule has 9 heteroatoms. The van der Waals surface area contributed by atoms with Gasteiger partial charge in [-0.1, -0.05) is 24.3 Å². The summed E-state index contributed by atoms with van der Waals surface area (Å²) in [5, 5.41) is 10.1. The highest BCUT2D eigenvalue weighted by Gasteiger charge is 2.36. The van der Waals surface area contributed by atoms with Crippen molar-refractivity contribution >= 4 is 34.8 Å². The molecule has 0 amide bonds. The van der Waals surface area contributed by atoms with E-state index in [1.807, 2.05) is 12.1 Å². The van der Waals surface area contributed by atoms with Crippen molar-refractivity contribution in [1.29, 1.82) is 5.26 Å². The Morgan fingerprint density at radius 1 is 1.08 bits per heavy atom. The van der Waals surface area contributed by atoms with E-state index in [0.29, 0.717) is 26.3 Å². The molecule has 0 aliphatic carbocycles. The molecule has 2 heterocycles. The number of carbonyl (C=O) groups is 1. The van der Waals surface area contributed by atoms with Crippen LogP contribution in [0.4, 0.5) is 0 Å². The van der Waals surface area contributed by atoms with Crippen LogP contribution in [0.1, 0.15) is 30.9 Å². The minimum Gasteiger partial charge on any atom is -0.497 e. The number of allylic oxidation sites excluding steroid dienone is 1. The maximum absolute atomic E-state index is 13.4. The lowest BCUT2D eigenvalue weighted by molar-refractivity contribution is -0.140. The van der Waals surface area contributed by atoms with Gasteiger partial charge < -0.3 is 19.9 Å². The van der Waals surface area contributed by atoms with E-state index in [1.165, 1.54) is 4.57 Å². The van der Waals surface area contributed by atoms with Crippen molar-refractivity contribution < 1.29 is 19.0 Å². The number of nitrogens with two attached hydrogens (primary N) is 1. The first-order chi connectivity index (χ1) is 17.3. The molecule has 1 aliphatic rings. The number of thiazole rings is 1. The fourth-order valence-corrected chi connectivity index (χ4v) is 5.17. The Bertz CT molecular complexity index is 1560. The normalized spacial score (nSPS) is 15.5. The number of ether oxygens (including phenoxy) is 3. The lowest BCUT2D eigenvalue weighted by Crippen LogP contribution is -2.40. The summed E-state index contributed by atoms with van der Waals surface area (Å²) in [7, 11) is 3.13. The lowest BCUT2D eigenvalue weighted by Gasteiger charge is -2.25. The Labute approximate surface area is 211 Å². The van der Waals surface area contributed by atoms with Gasteiger partial charge >= 0.3 is 5.97 Å². The molecule has 0 spiro atoms. The minimum atomic E-state index is -0.806. The third kappa shape index (κ3) is 4.51. The predicted octanol–water partition coefficient (Wildman–Crippen LogP) is 2.31. The number of esters is 1. The lowest BCUT2D eigenvalue weighted by atomic mass is 9.84. The summed E-state index contributed by atoms with van der Waals surface area (Å²) < 4.78 is 17.9. The van der Waals surface area contributed by atoms with E-state index >= 15 is 0 Å². The summed E-state index contributed by atoms with van der Waals surface area (Å²) in [6, 6.07) is 16.4. The van der Waals surface area contributed by atoms with Gasteiger partial charge in [-0.2, -0.15) is 5.26 Å². The molecule has 184 valence electrons. The first-order valence-corrected chi connectivity index (χ1v) is 12.0. The number of methoxy groups -OCH3 is 2. The Morgan fingerprint density at radius 2 is 1.67 bits per heavy atom. The van der Waals surface area contributed by atoms with Crippen molar-refractivity contribution in [3.63, 3.8) is 0 Å². The molecule has 0 unspecified atom stereocenters. The molecule has 0 radical (unpaired) electrons. The molecule has 36 heavy (non-hydrogen) atoms. The molecule has 4 rings (SSSR count). The Balaban J connectivity index is 2.03. The zero-order valence-corrected chi connectivity index (χ0v) is 21.1. The van der Waals surface area contributed by atoms with Gasteiger partial charge in [0.05, 0.1) is 48.0 Å². The van der Waals surface area contributed by atoms with E-state index in [2.05, 4.69) is 6.07 Å². The fraction of sp³-hybridized carbons (Fsp3) is 0.222. The fourth-order valence-electron chi connectivity index (χ4n) is 4.00. The minimum absolute atomic E-state index is 0.00922. The zero-order chi connectivity index (χ0) is 26.0. The van der Waals surface area contributed by atoms with Crippen LogP contribution >= 0.6 is 11.3 Å². The number of benzene rings is 2. The largest absolute Gasteiger partial charge is 0.497 e. The average Bonchev–Trinajstić information content (AvgIpc) is 3.19. The van der Waals surface area contributed by atoms with E-state index in [4.69, 9.17) is 19.9 Å². The molecule has 8 nitrogen and oxygen atoms in total. The van der Waals surface area contributed by atoms with Gasteiger partial charge in [0.1, 0.15) is 22.0 Å². The molecule has 3 aromatic rings. The van der Waals surface area contributed by atoms with Gasteiger partial charge in [-0.3, -0.25) is 9.36 Å². The van der Waals surface area contributed by atoms with Crippen molar-refractivity contribution in [1.82, 2.24) is 4.57 Å². The Hall–Kier alpha value is -4.29. The van der Waals surface area contributed by atoms with E-state index in [9.17, 15) is 14.9 Å². The number of hydrogen-bond acceptors (Lipinski definition) is 8. The summed E-state index contributed by atoms with van der Waals surface area (Å²) >= 11 is 1.13. The second-order valence-corrected chi connectivity index (χ2v) is 9.34. The standard InChI is InChI=1S/C27H25N3O5S/c1-15(2)35-27(32)23-22(17-7-11-19(34-4)12-8-17)20(14-28)24(29)30-25(31)21(36-26(23)30)13-16-5-9-18(33-3)10-6-16/h5-13,15,22H,29H2,1-4H3/t22-/m1/s1. The Morgan fingerprint density at radius 3 is 2.19 bits per heavy atom. The van der Waals surface area contributed by atoms with E-state index in [0.717, 1.165) is 16.9 Å². The maximum Gasteiger partial charge on any atom is 0.338 e. The molecular weight excluding hydrogens is 478 g/mol. The van der Waals surface area contributed by atoms with Crippen molar-refractivity contribution in [2.45, 2.75) is 25.9 Å². The highest BCUT2D eigenvalue weighted by Crippen LogP contribution is 2.37.